The molecule has 0 saturated heterocycles. The highest BCUT2D eigenvalue weighted by molar-refractivity contribution is 4.71. The van der Waals surface area contributed by atoms with Crippen LogP contribution >= 0.6 is 0 Å². The third-order valence-corrected chi connectivity index (χ3v) is 7.00. The molecule has 0 aliphatic heterocycles. The Hall–Kier alpha value is 0. The van der Waals surface area contributed by atoms with E-state index in [1.165, 1.54) is 57.8 Å². The van der Waals surface area contributed by atoms with E-state index in [9.17, 15) is 0 Å². The molecule has 6 unspecified atom stereocenters. The van der Waals surface area contributed by atoms with Gasteiger partial charge in [-0.2, -0.15) is 0 Å². The summed E-state index contributed by atoms with van der Waals surface area (Å²) in [6.45, 7) is 21.9. The van der Waals surface area contributed by atoms with Crippen molar-refractivity contribution in [2.24, 2.45) is 41.4 Å². The molecule has 0 bridgehead atoms. The normalized spacial score (nSPS) is 19.4. The Bertz CT molecular complexity index is 292. The predicted octanol–water partition coefficient (Wildman–Crippen LogP) is 8.99. The summed E-state index contributed by atoms with van der Waals surface area (Å²) in [4.78, 5) is 0. The summed E-state index contributed by atoms with van der Waals surface area (Å²) >= 11 is 0. The van der Waals surface area contributed by atoms with Gasteiger partial charge in [0.15, 0.2) is 0 Å². The predicted molar refractivity (Wildman–Crippen MR) is 117 cm³/mol. The molecule has 0 aromatic carbocycles. The van der Waals surface area contributed by atoms with Crippen LogP contribution < -0.4 is 0 Å². The van der Waals surface area contributed by atoms with Gasteiger partial charge in [0.05, 0.1) is 0 Å². The zero-order valence-electron chi connectivity index (χ0n) is 19.4. The lowest BCUT2D eigenvalue weighted by molar-refractivity contribution is 0.237. The van der Waals surface area contributed by atoms with Crippen molar-refractivity contribution in [3.05, 3.63) is 0 Å². The van der Waals surface area contributed by atoms with E-state index in [1.54, 1.807) is 0 Å². The van der Waals surface area contributed by atoms with Crippen LogP contribution in [0.4, 0.5) is 0 Å². The second-order valence-corrected chi connectivity index (χ2v) is 10.1. The van der Waals surface area contributed by atoms with Crippen LogP contribution in [-0.4, -0.2) is 0 Å². The van der Waals surface area contributed by atoms with Gasteiger partial charge in [-0.3, -0.25) is 0 Å². The van der Waals surface area contributed by atoms with Gasteiger partial charge in [-0.1, -0.05) is 101 Å². The van der Waals surface area contributed by atoms with Crippen molar-refractivity contribution in [2.45, 2.75) is 120 Å². The fourth-order valence-electron chi connectivity index (χ4n) is 4.57. The summed E-state index contributed by atoms with van der Waals surface area (Å²) < 4.78 is 0. The fraction of sp³-hybridized carbons (Fsp3) is 1.00. The summed E-state index contributed by atoms with van der Waals surface area (Å²) in [7, 11) is 0. The van der Waals surface area contributed by atoms with Gasteiger partial charge in [-0.05, 0) is 60.7 Å². The average Bonchev–Trinajstić information content (AvgIpc) is 2.54. The first-order valence-corrected chi connectivity index (χ1v) is 11.7. The van der Waals surface area contributed by atoms with Gasteiger partial charge in [0.2, 0.25) is 0 Å². The first kappa shape index (κ1) is 25.0. The van der Waals surface area contributed by atoms with E-state index in [4.69, 9.17) is 0 Å². The third-order valence-electron chi connectivity index (χ3n) is 7.00. The van der Waals surface area contributed by atoms with Crippen LogP contribution in [0.1, 0.15) is 120 Å². The molecule has 0 aromatic rings. The first-order valence-electron chi connectivity index (χ1n) is 11.7. The minimum atomic E-state index is 0.867. The van der Waals surface area contributed by atoms with Crippen molar-refractivity contribution in [3.63, 3.8) is 0 Å². The Kier molecular flexibility index (Phi) is 14.1. The Labute approximate surface area is 161 Å². The molecule has 0 heterocycles. The highest BCUT2D eigenvalue weighted by Crippen LogP contribution is 2.31. The maximum Gasteiger partial charge on any atom is -0.0391 e. The van der Waals surface area contributed by atoms with Crippen molar-refractivity contribution in [1.29, 1.82) is 0 Å². The zero-order chi connectivity index (χ0) is 19.4. The van der Waals surface area contributed by atoms with Gasteiger partial charge in [-0.15, -0.1) is 0 Å². The van der Waals surface area contributed by atoms with Crippen LogP contribution in [0, 0.1) is 41.4 Å². The molecule has 152 valence electrons. The Balaban J connectivity index is 4.09. The Morgan fingerprint density at radius 2 is 1.04 bits per heavy atom. The lowest BCUT2D eigenvalue weighted by atomic mass is 9.78. The van der Waals surface area contributed by atoms with Crippen molar-refractivity contribution in [3.8, 4) is 0 Å². The largest absolute Gasteiger partial charge is 0.0651 e. The van der Waals surface area contributed by atoms with Crippen LogP contribution in [-0.2, 0) is 0 Å². The molecule has 0 spiro atoms. The van der Waals surface area contributed by atoms with E-state index in [-0.39, 0.29) is 0 Å². The smallest absolute Gasteiger partial charge is 0.0391 e. The Morgan fingerprint density at radius 1 is 0.520 bits per heavy atom. The van der Waals surface area contributed by atoms with E-state index < -0.39 is 0 Å². The molecule has 0 radical (unpaired) electrons. The second kappa shape index (κ2) is 14.1. The molecule has 0 aromatic heterocycles. The van der Waals surface area contributed by atoms with E-state index in [2.05, 4.69) is 62.3 Å². The van der Waals surface area contributed by atoms with Gasteiger partial charge in [0.1, 0.15) is 0 Å². The molecule has 0 heteroatoms. The van der Waals surface area contributed by atoms with Gasteiger partial charge in [0.25, 0.3) is 0 Å². The van der Waals surface area contributed by atoms with Crippen LogP contribution in [0.15, 0.2) is 0 Å². The molecule has 0 aliphatic carbocycles. The molecule has 25 heavy (non-hydrogen) atoms. The molecule has 0 rings (SSSR count). The van der Waals surface area contributed by atoms with E-state index in [0.717, 1.165) is 41.4 Å². The summed E-state index contributed by atoms with van der Waals surface area (Å²) in [5.74, 6) is 6.28. The van der Waals surface area contributed by atoms with Gasteiger partial charge >= 0.3 is 0 Å². The molecular formula is C25H52. The number of rotatable bonds is 15. The second-order valence-electron chi connectivity index (χ2n) is 10.1. The van der Waals surface area contributed by atoms with Crippen molar-refractivity contribution >= 4 is 0 Å². The van der Waals surface area contributed by atoms with Crippen molar-refractivity contribution in [2.75, 3.05) is 0 Å². The maximum atomic E-state index is 2.51. The minimum absolute atomic E-state index is 0.867. The molecule has 0 aliphatic rings. The molecule has 6 atom stereocenters. The fourth-order valence-corrected chi connectivity index (χ4v) is 4.57. The zero-order valence-corrected chi connectivity index (χ0v) is 19.4. The van der Waals surface area contributed by atoms with E-state index >= 15 is 0 Å². The van der Waals surface area contributed by atoms with Gasteiger partial charge in [-0.25, -0.2) is 0 Å². The molecule has 0 nitrogen and oxygen atoms in total. The first-order chi connectivity index (χ1) is 11.7. The molecular weight excluding hydrogens is 300 g/mol. The lowest BCUT2D eigenvalue weighted by Gasteiger charge is -2.27. The summed E-state index contributed by atoms with van der Waals surface area (Å²) in [6.07, 6.45) is 12.7. The minimum Gasteiger partial charge on any atom is -0.0651 e. The highest BCUT2D eigenvalue weighted by Gasteiger charge is 2.20. The number of hydrogen-bond donors (Lipinski definition) is 0. The molecule has 0 saturated carbocycles. The summed E-state index contributed by atoms with van der Waals surface area (Å²) in [5.41, 5.74) is 0. The lowest BCUT2D eigenvalue weighted by Crippen LogP contribution is -2.16. The van der Waals surface area contributed by atoms with Gasteiger partial charge < -0.3 is 0 Å². The standard InChI is InChI=1S/C25H52/c1-10-22(7)25(11-2)16-15-21(6)18-24(9)23(8)17-20(5)14-12-13-19(3)4/h19-25H,10-18H2,1-9H3. The number of hydrogen-bond acceptors (Lipinski definition) is 0. The summed E-state index contributed by atoms with van der Waals surface area (Å²) in [6, 6.07) is 0. The third kappa shape index (κ3) is 12.1. The SMILES string of the molecule is CCC(C)C(CC)CCC(C)CC(C)C(C)CC(C)CCCC(C)C. The quantitative estimate of drug-likeness (QED) is 0.276. The molecule has 0 fully saturated rings. The van der Waals surface area contributed by atoms with Crippen LogP contribution in [0.3, 0.4) is 0 Å². The monoisotopic (exact) mass is 352 g/mol. The highest BCUT2D eigenvalue weighted by atomic mass is 14.3. The van der Waals surface area contributed by atoms with E-state index in [0.29, 0.717) is 0 Å². The van der Waals surface area contributed by atoms with Crippen LogP contribution in [0.2, 0.25) is 0 Å². The van der Waals surface area contributed by atoms with Crippen molar-refractivity contribution in [1.82, 2.24) is 0 Å². The van der Waals surface area contributed by atoms with E-state index in [1.807, 2.05) is 0 Å². The molecule has 0 N–H and O–H groups in total. The van der Waals surface area contributed by atoms with Crippen LogP contribution in [0.5, 0.6) is 0 Å². The Morgan fingerprint density at radius 3 is 1.48 bits per heavy atom. The average molecular weight is 353 g/mol. The molecule has 0 amide bonds. The van der Waals surface area contributed by atoms with Crippen LogP contribution in [0.25, 0.3) is 0 Å². The summed E-state index contributed by atoms with van der Waals surface area (Å²) in [5, 5.41) is 0. The maximum absolute atomic E-state index is 2.51. The topological polar surface area (TPSA) is 0 Å². The van der Waals surface area contributed by atoms with Gasteiger partial charge in [0, 0.05) is 0 Å². The van der Waals surface area contributed by atoms with Crippen molar-refractivity contribution < 1.29 is 0 Å².